The smallest absolute Gasteiger partial charge is 0.126 e. The lowest BCUT2D eigenvalue weighted by Crippen LogP contribution is -2.42. The van der Waals surface area contributed by atoms with E-state index in [0.717, 1.165) is 49.6 Å². The molecule has 2 N–H and O–H groups in total. The molecule has 2 rings (SSSR count). The third kappa shape index (κ3) is 2.70. The molecule has 1 aromatic rings. The molecule has 1 aromatic carbocycles. The maximum atomic E-state index is 10.1. The molecule has 1 heterocycles. The fraction of sp³-hybridized carbons (Fsp3) is 0.538. The van der Waals surface area contributed by atoms with Crippen LogP contribution in [0.5, 0.6) is 11.5 Å². The van der Waals surface area contributed by atoms with Crippen molar-refractivity contribution in [3.63, 3.8) is 0 Å². The molecule has 0 saturated carbocycles. The summed E-state index contributed by atoms with van der Waals surface area (Å²) in [5, 5.41) is 13.4. The Labute approximate surface area is 102 Å². The van der Waals surface area contributed by atoms with Crippen molar-refractivity contribution in [2.24, 2.45) is 0 Å². The molecule has 0 spiro atoms. The molecule has 1 saturated heterocycles. The summed E-state index contributed by atoms with van der Waals surface area (Å²) in [6.07, 6.45) is 0. The molecule has 4 nitrogen and oxygen atoms in total. The second kappa shape index (κ2) is 5.38. The molecule has 0 amide bonds. The molecular formula is C13H20N2O2. The summed E-state index contributed by atoms with van der Waals surface area (Å²) in [6, 6.07) is 3.87. The molecule has 1 aliphatic rings. The second-order valence-corrected chi connectivity index (χ2v) is 4.43. The summed E-state index contributed by atoms with van der Waals surface area (Å²) in [5.74, 6) is 1.11. The van der Waals surface area contributed by atoms with Gasteiger partial charge >= 0.3 is 0 Å². The molecule has 0 unspecified atom stereocenters. The van der Waals surface area contributed by atoms with Crippen LogP contribution in [0.2, 0.25) is 0 Å². The minimum atomic E-state index is 0.364. The van der Waals surface area contributed by atoms with Gasteiger partial charge in [0.15, 0.2) is 0 Å². The number of piperazine rings is 1. The highest BCUT2D eigenvalue weighted by atomic mass is 16.5. The molecule has 17 heavy (non-hydrogen) atoms. The Balaban J connectivity index is 2.12. The number of methoxy groups -OCH3 is 1. The van der Waals surface area contributed by atoms with Gasteiger partial charge in [-0.15, -0.1) is 0 Å². The number of ether oxygens (including phenoxy) is 1. The van der Waals surface area contributed by atoms with Crippen LogP contribution in [0.3, 0.4) is 0 Å². The topological polar surface area (TPSA) is 44.7 Å². The summed E-state index contributed by atoms with van der Waals surface area (Å²) in [4.78, 5) is 2.34. The minimum absolute atomic E-state index is 0.364. The third-order valence-electron chi connectivity index (χ3n) is 3.29. The number of hydrogen-bond donors (Lipinski definition) is 2. The third-order valence-corrected chi connectivity index (χ3v) is 3.29. The first-order valence-electron chi connectivity index (χ1n) is 6.01. The van der Waals surface area contributed by atoms with E-state index in [1.807, 2.05) is 19.1 Å². The Morgan fingerprint density at radius 1 is 1.35 bits per heavy atom. The summed E-state index contributed by atoms with van der Waals surface area (Å²) < 4.78 is 5.19. The van der Waals surface area contributed by atoms with Crippen LogP contribution in [0.25, 0.3) is 0 Å². The zero-order chi connectivity index (χ0) is 12.3. The maximum Gasteiger partial charge on any atom is 0.126 e. The molecule has 4 heteroatoms. The van der Waals surface area contributed by atoms with Crippen molar-refractivity contribution in [2.45, 2.75) is 13.5 Å². The van der Waals surface area contributed by atoms with Crippen molar-refractivity contribution in [1.29, 1.82) is 0 Å². The first-order chi connectivity index (χ1) is 8.22. The molecule has 0 radical (unpaired) electrons. The van der Waals surface area contributed by atoms with E-state index < -0.39 is 0 Å². The number of nitrogens with one attached hydrogen (secondary N) is 1. The van der Waals surface area contributed by atoms with Crippen LogP contribution in [0.15, 0.2) is 12.1 Å². The first kappa shape index (κ1) is 12.2. The van der Waals surface area contributed by atoms with Crippen LogP contribution in [-0.2, 0) is 6.54 Å². The fourth-order valence-electron chi connectivity index (χ4n) is 2.20. The molecule has 0 bridgehead atoms. The summed E-state index contributed by atoms with van der Waals surface area (Å²) in [7, 11) is 1.62. The van der Waals surface area contributed by atoms with Gasteiger partial charge in [0.05, 0.1) is 7.11 Å². The number of aromatic hydroxyl groups is 1. The van der Waals surface area contributed by atoms with Crippen molar-refractivity contribution in [3.8, 4) is 11.5 Å². The van der Waals surface area contributed by atoms with Gasteiger partial charge in [0.1, 0.15) is 11.5 Å². The van der Waals surface area contributed by atoms with Crippen LogP contribution in [0, 0.1) is 6.92 Å². The highest BCUT2D eigenvalue weighted by Gasteiger charge is 2.14. The number of phenolic OH excluding ortho intramolecular Hbond substituents is 1. The van der Waals surface area contributed by atoms with Crippen molar-refractivity contribution in [1.82, 2.24) is 10.2 Å². The van der Waals surface area contributed by atoms with Gasteiger partial charge in [-0.25, -0.2) is 0 Å². The van der Waals surface area contributed by atoms with Gasteiger partial charge in [0.25, 0.3) is 0 Å². The quantitative estimate of drug-likeness (QED) is 0.825. The highest BCUT2D eigenvalue weighted by Crippen LogP contribution is 2.30. The average Bonchev–Trinajstić information content (AvgIpc) is 2.37. The number of rotatable bonds is 3. The number of phenols is 1. The van der Waals surface area contributed by atoms with Gasteiger partial charge in [0.2, 0.25) is 0 Å². The lowest BCUT2D eigenvalue weighted by molar-refractivity contribution is 0.230. The molecule has 0 aromatic heterocycles. The summed E-state index contributed by atoms with van der Waals surface area (Å²) >= 11 is 0. The average molecular weight is 236 g/mol. The summed E-state index contributed by atoms with van der Waals surface area (Å²) in [6.45, 7) is 6.80. The van der Waals surface area contributed by atoms with E-state index in [0.29, 0.717) is 5.75 Å². The Morgan fingerprint density at radius 2 is 2.06 bits per heavy atom. The predicted octanol–water partition coefficient (Wildman–Crippen LogP) is 1.11. The van der Waals surface area contributed by atoms with Gasteiger partial charge in [-0.1, -0.05) is 6.07 Å². The van der Waals surface area contributed by atoms with Gasteiger partial charge in [-0.05, 0) is 13.0 Å². The van der Waals surface area contributed by atoms with Crippen molar-refractivity contribution in [3.05, 3.63) is 23.3 Å². The Kier molecular flexibility index (Phi) is 3.86. The van der Waals surface area contributed by atoms with Gasteiger partial charge in [0, 0.05) is 43.9 Å². The second-order valence-electron chi connectivity index (χ2n) is 4.43. The van der Waals surface area contributed by atoms with E-state index in [-0.39, 0.29) is 0 Å². The van der Waals surface area contributed by atoms with E-state index in [1.54, 1.807) is 7.11 Å². The van der Waals surface area contributed by atoms with E-state index in [4.69, 9.17) is 4.74 Å². The van der Waals surface area contributed by atoms with Crippen LogP contribution in [0.4, 0.5) is 0 Å². The van der Waals surface area contributed by atoms with Crippen LogP contribution < -0.4 is 10.1 Å². The molecular weight excluding hydrogens is 216 g/mol. The molecule has 1 fully saturated rings. The van der Waals surface area contributed by atoms with Gasteiger partial charge < -0.3 is 15.2 Å². The fourth-order valence-corrected chi connectivity index (χ4v) is 2.20. The number of benzene rings is 1. The van der Waals surface area contributed by atoms with Crippen LogP contribution in [-0.4, -0.2) is 43.3 Å². The molecule has 0 atom stereocenters. The lowest BCUT2D eigenvalue weighted by atomic mass is 10.1. The summed E-state index contributed by atoms with van der Waals surface area (Å²) in [5.41, 5.74) is 1.80. The van der Waals surface area contributed by atoms with Gasteiger partial charge in [-0.2, -0.15) is 0 Å². The molecule has 94 valence electrons. The maximum absolute atomic E-state index is 10.1. The Bertz CT molecular complexity index is 387. The Morgan fingerprint density at radius 3 is 2.71 bits per heavy atom. The first-order valence-corrected chi connectivity index (χ1v) is 6.01. The zero-order valence-corrected chi connectivity index (χ0v) is 10.5. The van der Waals surface area contributed by atoms with Gasteiger partial charge in [-0.3, -0.25) is 4.90 Å². The standard InChI is InChI=1S/C13H20N2O2/c1-10-12(17-2)4-3-11(13(10)16)9-15-7-5-14-6-8-15/h3-4,14,16H,5-9H2,1-2H3. The number of nitrogens with zero attached hydrogens (tertiary/aromatic N) is 1. The highest BCUT2D eigenvalue weighted by molar-refractivity contribution is 5.48. The zero-order valence-electron chi connectivity index (χ0n) is 10.5. The number of hydrogen-bond acceptors (Lipinski definition) is 4. The molecule has 1 aliphatic heterocycles. The SMILES string of the molecule is COc1ccc(CN2CCNCC2)c(O)c1C. The van der Waals surface area contributed by atoms with E-state index in [1.165, 1.54) is 0 Å². The normalized spacial score (nSPS) is 17.1. The predicted molar refractivity (Wildman–Crippen MR) is 67.5 cm³/mol. The monoisotopic (exact) mass is 236 g/mol. The minimum Gasteiger partial charge on any atom is -0.507 e. The van der Waals surface area contributed by atoms with Crippen molar-refractivity contribution in [2.75, 3.05) is 33.3 Å². The van der Waals surface area contributed by atoms with E-state index >= 15 is 0 Å². The lowest BCUT2D eigenvalue weighted by Gasteiger charge is -2.27. The molecule has 0 aliphatic carbocycles. The van der Waals surface area contributed by atoms with Crippen LogP contribution >= 0.6 is 0 Å². The van der Waals surface area contributed by atoms with Crippen molar-refractivity contribution < 1.29 is 9.84 Å². The largest absolute Gasteiger partial charge is 0.507 e. The van der Waals surface area contributed by atoms with E-state index in [2.05, 4.69) is 10.2 Å². The Hall–Kier alpha value is -1.26. The van der Waals surface area contributed by atoms with Crippen LogP contribution in [0.1, 0.15) is 11.1 Å². The van der Waals surface area contributed by atoms with E-state index in [9.17, 15) is 5.11 Å². The van der Waals surface area contributed by atoms with Crippen molar-refractivity contribution >= 4 is 0 Å².